The Labute approximate surface area is 110 Å². The molecule has 3 heteroatoms. The van der Waals surface area contributed by atoms with Gasteiger partial charge in [-0.1, -0.05) is 19.4 Å². The van der Waals surface area contributed by atoms with Gasteiger partial charge in [-0.3, -0.25) is 0 Å². The molecule has 1 N–H and O–H groups in total. The fourth-order valence-corrected chi connectivity index (χ4v) is 1.91. The van der Waals surface area contributed by atoms with Crippen molar-refractivity contribution >= 4 is 0 Å². The van der Waals surface area contributed by atoms with Crippen LogP contribution in [0.25, 0.3) is 0 Å². The van der Waals surface area contributed by atoms with Gasteiger partial charge in [-0.25, -0.2) is 0 Å². The van der Waals surface area contributed by atoms with Crippen LogP contribution in [-0.4, -0.2) is 19.8 Å². The van der Waals surface area contributed by atoms with Crippen molar-refractivity contribution in [3.8, 4) is 11.5 Å². The molecule has 0 aromatic heterocycles. The van der Waals surface area contributed by atoms with Gasteiger partial charge < -0.3 is 14.8 Å². The fraction of sp³-hybridized carbons (Fsp3) is 0.600. The van der Waals surface area contributed by atoms with E-state index in [4.69, 9.17) is 9.47 Å². The van der Waals surface area contributed by atoms with E-state index < -0.39 is 0 Å². The predicted octanol–water partition coefficient (Wildman–Crippen LogP) is 3.37. The molecule has 0 saturated heterocycles. The fourth-order valence-electron chi connectivity index (χ4n) is 1.91. The van der Waals surface area contributed by atoms with Crippen molar-refractivity contribution in [1.82, 2.24) is 5.32 Å². The number of hydrogen-bond acceptors (Lipinski definition) is 3. The summed E-state index contributed by atoms with van der Waals surface area (Å²) in [6.45, 7) is 7.75. The van der Waals surface area contributed by atoms with E-state index in [-0.39, 0.29) is 6.10 Å². The zero-order chi connectivity index (χ0) is 13.4. The van der Waals surface area contributed by atoms with Crippen LogP contribution in [-0.2, 0) is 6.54 Å². The summed E-state index contributed by atoms with van der Waals surface area (Å²) in [5.74, 6) is 1.69. The van der Waals surface area contributed by atoms with Crippen LogP contribution in [0.2, 0.25) is 0 Å². The molecule has 0 aliphatic rings. The first kappa shape index (κ1) is 14.8. The maximum atomic E-state index is 5.93. The second-order valence-electron chi connectivity index (χ2n) is 4.46. The zero-order valence-electron chi connectivity index (χ0n) is 12.0. The lowest BCUT2D eigenvalue weighted by Gasteiger charge is -2.17. The third kappa shape index (κ3) is 4.57. The molecule has 0 saturated carbocycles. The van der Waals surface area contributed by atoms with Crippen molar-refractivity contribution in [3.05, 3.63) is 23.8 Å². The minimum atomic E-state index is 0.226. The van der Waals surface area contributed by atoms with Crippen LogP contribution in [0.5, 0.6) is 11.5 Å². The van der Waals surface area contributed by atoms with Gasteiger partial charge in [0.1, 0.15) is 0 Å². The summed E-state index contributed by atoms with van der Waals surface area (Å²) in [6, 6.07) is 6.13. The molecule has 3 nitrogen and oxygen atoms in total. The Hall–Kier alpha value is -1.22. The average Bonchev–Trinajstić information content (AvgIpc) is 2.33. The predicted molar refractivity (Wildman–Crippen MR) is 75.4 cm³/mol. The number of ether oxygens (including phenoxy) is 2. The van der Waals surface area contributed by atoms with Crippen LogP contribution in [0.4, 0.5) is 0 Å². The zero-order valence-corrected chi connectivity index (χ0v) is 12.0. The lowest BCUT2D eigenvalue weighted by Crippen LogP contribution is -2.12. The molecule has 0 fully saturated rings. The molecule has 102 valence electrons. The summed E-state index contributed by atoms with van der Waals surface area (Å²) in [7, 11) is 1.94. The summed E-state index contributed by atoms with van der Waals surface area (Å²) in [6.07, 6.45) is 2.41. The highest BCUT2D eigenvalue weighted by molar-refractivity contribution is 5.43. The van der Waals surface area contributed by atoms with Crippen LogP contribution < -0.4 is 14.8 Å². The lowest BCUT2D eigenvalue weighted by atomic mass is 10.2. The van der Waals surface area contributed by atoms with Crippen molar-refractivity contribution < 1.29 is 9.47 Å². The van der Waals surface area contributed by atoms with Gasteiger partial charge in [0.25, 0.3) is 0 Å². The molecular weight excluding hydrogens is 226 g/mol. The minimum absolute atomic E-state index is 0.226. The normalized spacial score (nSPS) is 12.2. The maximum Gasteiger partial charge on any atom is 0.161 e. The molecule has 18 heavy (non-hydrogen) atoms. The second-order valence-corrected chi connectivity index (χ2v) is 4.46. The summed E-state index contributed by atoms with van der Waals surface area (Å²) < 4.78 is 11.6. The van der Waals surface area contributed by atoms with E-state index in [1.807, 2.05) is 26.1 Å². The molecular formula is C15H25NO2. The van der Waals surface area contributed by atoms with Gasteiger partial charge in [-0.2, -0.15) is 0 Å². The van der Waals surface area contributed by atoms with E-state index in [0.717, 1.165) is 30.9 Å². The molecule has 0 aliphatic carbocycles. The highest BCUT2D eigenvalue weighted by Gasteiger charge is 2.09. The third-order valence-electron chi connectivity index (χ3n) is 2.71. The van der Waals surface area contributed by atoms with E-state index in [9.17, 15) is 0 Å². The van der Waals surface area contributed by atoms with Crippen LogP contribution in [0.15, 0.2) is 18.2 Å². The Morgan fingerprint density at radius 2 is 2.00 bits per heavy atom. The molecule has 1 unspecified atom stereocenters. The van der Waals surface area contributed by atoms with Crippen molar-refractivity contribution in [1.29, 1.82) is 0 Å². The van der Waals surface area contributed by atoms with Gasteiger partial charge in [-0.05, 0) is 45.0 Å². The molecule has 0 heterocycles. The first-order valence-corrected chi connectivity index (χ1v) is 6.78. The highest BCUT2D eigenvalue weighted by Crippen LogP contribution is 2.29. The van der Waals surface area contributed by atoms with Gasteiger partial charge in [0.2, 0.25) is 0 Å². The summed E-state index contributed by atoms with van der Waals surface area (Å²) in [5.41, 5.74) is 1.21. The van der Waals surface area contributed by atoms with Gasteiger partial charge in [0.15, 0.2) is 11.5 Å². The molecule has 0 amide bonds. The summed E-state index contributed by atoms with van der Waals surface area (Å²) in [4.78, 5) is 0. The molecule has 1 atom stereocenters. The highest BCUT2D eigenvalue weighted by atomic mass is 16.5. The van der Waals surface area contributed by atoms with Crippen molar-refractivity contribution in [3.63, 3.8) is 0 Å². The third-order valence-corrected chi connectivity index (χ3v) is 2.71. The average molecular weight is 251 g/mol. The van der Waals surface area contributed by atoms with Gasteiger partial charge in [-0.15, -0.1) is 0 Å². The molecule has 1 aromatic carbocycles. The van der Waals surface area contributed by atoms with Gasteiger partial charge in [0, 0.05) is 6.54 Å². The number of rotatable bonds is 8. The van der Waals surface area contributed by atoms with Crippen molar-refractivity contribution in [2.75, 3.05) is 13.7 Å². The second kappa shape index (κ2) is 7.98. The van der Waals surface area contributed by atoms with Gasteiger partial charge >= 0.3 is 0 Å². The van der Waals surface area contributed by atoms with Crippen LogP contribution >= 0.6 is 0 Å². The van der Waals surface area contributed by atoms with E-state index in [1.165, 1.54) is 5.56 Å². The molecule has 0 spiro atoms. The first-order valence-electron chi connectivity index (χ1n) is 6.78. The van der Waals surface area contributed by atoms with Crippen molar-refractivity contribution in [2.24, 2.45) is 0 Å². The molecule has 1 rings (SSSR count). The molecule has 0 radical (unpaired) electrons. The smallest absolute Gasteiger partial charge is 0.161 e. The van der Waals surface area contributed by atoms with E-state index in [1.54, 1.807) is 0 Å². The SMILES string of the molecule is CCCC(C)Oc1ccc(CNC)cc1OCC. The van der Waals surface area contributed by atoms with E-state index >= 15 is 0 Å². The number of nitrogens with one attached hydrogen (secondary N) is 1. The molecule has 1 aromatic rings. The number of benzene rings is 1. The van der Waals surface area contributed by atoms with Gasteiger partial charge in [0.05, 0.1) is 12.7 Å². The first-order chi connectivity index (χ1) is 8.71. The molecule has 0 bridgehead atoms. The molecule has 0 aliphatic heterocycles. The Balaban J connectivity index is 2.81. The Bertz CT molecular complexity index is 352. The maximum absolute atomic E-state index is 5.93. The van der Waals surface area contributed by atoms with Crippen molar-refractivity contribution in [2.45, 2.75) is 46.3 Å². The van der Waals surface area contributed by atoms with Crippen LogP contribution in [0.3, 0.4) is 0 Å². The van der Waals surface area contributed by atoms with Crippen LogP contribution in [0.1, 0.15) is 39.2 Å². The summed E-state index contributed by atoms with van der Waals surface area (Å²) in [5, 5.41) is 3.14. The Morgan fingerprint density at radius 3 is 2.61 bits per heavy atom. The Morgan fingerprint density at radius 1 is 1.22 bits per heavy atom. The van der Waals surface area contributed by atoms with E-state index in [0.29, 0.717) is 6.61 Å². The quantitative estimate of drug-likeness (QED) is 0.768. The summed E-state index contributed by atoms with van der Waals surface area (Å²) >= 11 is 0. The largest absolute Gasteiger partial charge is 0.490 e. The monoisotopic (exact) mass is 251 g/mol. The van der Waals surface area contributed by atoms with Crippen LogP contribution in [0, 0.1) is 0 Å². The minimum Gasteiger partial charge on any atom is -0.490 e. The topological polar surface area (TPSA) is 30.5 Å². The van der Waals surface area contributed by atoms with E-state index in [2.05, 4.69) is 25.2 Å². The Kier molecular flexibility index (Phi) is 6.58. The standard InChI is InChI=1S/C15H25NO2/c1-5-7-12(3)18-14-9-8-13(11-16-4)10-15(14)17-6-2/h8-10,12,16H,5-7,11H2,1-4H3. The number of hydrogen-bond donors (Lipinski definition) is 1. The lowest BCUT2D eigenvalue weighted by molar-refractivity contribution is 0.197.